The molecular formula is C20H28F2N2O3. The Morgan fingerprint density at radius 2 is 2.00 bits per heavy atom. The number of benzene rings is 1. The average Bonchev–Trinajstić information content (AvgIpc) is 2.65. The van der Waals surface area contributed by atoms with Gasteiger partial charge < -0.3 is 14.7 Å². The number of amides is 1. The topological polar surface area (TPSA) is 53.0 Å². The minimum Gasteiger partial charge on any atom is -0.384 e. The molecule has 2 saturated heterocycles. The first-order valence-electron chi connectivity index (χ1n) is 9.59. The standard InChI is InChI=1S/C20H28F2N2O3/c1-27-13-15-6-10-23(11-7-15)14-20(26)8-3-9-24(19(20)25)12-16-4-2-5-17(21)18(16)22/h2,4-5,15,26H,3,6-14H2,1H3/t20-/m0/s1. The molecule has 2 aliphatic heterocycles. The number of aliphatic hydroxyl groups is 1. The highest BCUT2D eigenvalue weighted by Crippen LogP contribution is 2.28. The lowest BCUT2D eigenvalue weighted by Crippen LogP contribution is -2.59. The molecule has 0 unspecified atom stereocenters. The van der Waals surface area contributed by atoms with Gasteiger partial charge in [-0.25, -0.2) is 8.78 Å². The van der Waals surface area contributed by atoms with Crippen LogP contribution < -0.4 is 0 Å². The molecule has 0 radical (unpaired) electrons. The molecule has 0 saturated carbocycles. The van der Waals surface area contributed by atoms with Gasteiger partial charge in [0.25, 0.3) is 5.91 Å². The second-order valence-electron chi connectivity index (χ2n) is 7.75. The minimum absolute atomic E-state index is 0.0271. The van der Waals surface area contributed by atoms with E-state index in [1.807, 2.05) is 0 Å². The first-order chi connectivity index (χ1) is 12.9. The zero-order chi connectivity index (χ0) is 19.4. The summed E-state index contributed by atoms with van der Waals surface area (Å²) in [5.74, 6) is -1.72. The zero-order valence-electron chi connectivity index (χ0n) is 15.8. The van der Waals surface area contributed by atoms with Gasteiger partial charge in [-0.15, -0.1) is 0 Å². The Bertz CT molecular complexity index is 665. The van der Waals surface area contributed by atoms with E-state index in [1.54, 1.807) is 7.11 Å². The number of β-amino-alcohol motifs (C(OH)–C–C–N with tert-alkyl or cyclic N) is 1. The van der Waals surface area contributed by atoms with Crippen molar-refractivity contribution in [3.05, 3.63) is 35.4 Å². The smallest absolute Gasteiger partial charge is 0.256 e. The molecule has 2 aliphatic rings. The number of methoxy groups -OCH3 is 1. The number of carbonyl (C=O) groups excluding carboxylic acids is 1. The van der Waals surface area contributed by atoms with Crippen LogP contribution in [0, 0.1) is 17.6 Å². The van der Waals surface area contributed by atoms with Crippen LogP contribution in [0.15, 0.2) is 18.2 Å². The number of rotatable bonds is 6. The number of carbonyl (C=O) groups is 1. The van der Waals surface area contributed by atoms with Gasteiger partial charge in [0, 0.05) is 38.9 Å². The van der Waals surface area contributed by atoms with Gasteiger partial charge in [-0.3, -0.25) is 9.69 Å². The molecule has 7 heteroatoms. The molecule has 150 valence electrons. The van der Waals surface area contributed by atoms with Crippen LogP contribution in [-0.2, 0) is 16.1 Å². The lowest BCUT2D eigenvalue weighted by molar-refractivity contribution is -0.160. The second-order valence-corrected chi connectivity index (χ2v) is 7.75. The molecule has 3 rings (SSSR count). The number of nitrogens with zero attached hydrogens (tertiary/aromatic N) is 2. The van der Waals surface area contributed by atoms with Crippen molar-refractivity contribution in [3.8, 4) is 0 Å². The Hall–Kier alpha value is -1.57. The van der Waals surface area contributed by atoms with E-state index in [1.165, 1.54) is 17.0 Å². The fourth-order valence-electron chi connectivity index (χ4n) is 4.16. The van der Waals surface area contributed by atoms with Crippen LogP contribution in [0.5, 0.6) is 0 Å². The van der Waals surface area contributed by atoms with Gasteiger partial charge in [-0.1, -0.05) is 12.1 Å². The van der Waals surface area contributed by atoms with E-state index < -0.39 is 23.1 Å². The number of hydrogen-bond acceptors (Lipinski definition) is 4. The summed E-state index contributed by atoms with van der Waals surface area (Å²) in [6, 6.07) is 3.96. The summed E-state index contributed by atoms with van der Waals surface area (Å²) in [6.07, 6.45) is 3.00. The number of halogens is 2. The maximum Gasteiger partial charge on any atom is 0.256 e. The van der Waals surface area contributed by atoms with Gasteiger partial charge in [0.2, 0.25) is 0 Å². The number of ether oxygens (including phenoxy) is 1. The number of hydrogen-bond donors (Lipinski definition) is 1. The molecule has 5 nitrogen and oxygen atoms in total. The molecule has 1 amide bonds. The van der Waals surface area contributed by atoms with Crippen molar-refractivity contribution in [2.45, 2.75) is 37.8 Å². The molecule has 0 bridgehead atoms. The third-order valence-electron chi connectivity index (χ3n) is 5.69. The summed E-state index contributed by atoms with van der Waals surface area (Å²) in [5, 5.41) is 11.0. The molecule has 2 fully saturated rings. The summed E-state index contributed by atoms with van der Waals surface area (Å²) in [6.45, 7) is 3.08. The fourth-order valence-corrected chi connectivity index (χ4v) is 4.16. The molecule has 1 N–H and O–H groups in total. The van der Waals surface area contributed by atoms with Crippen LogP contribution in [0.1, 0.15) is 31.2 Å². The van der Waals surface area contributed by atoms with E-state index in [0.717, 1.165) is 38.6 Å². The molecule has 2 heterocycles. The Morgan fingerprint density at radius 1 is 1.26 bits per heavy atom. The van der Waals surface area contributed by atoms with E-state index in [0.29, 0.717) is 25.3 Å². The summed E-state index contributed by atoms with van der Waals surface area (Å²) in [7, 11) is 1.70. The van der Waals surface area contributed by atoms with Crippen LogP contribution in [0.3, 0.4) is 0 Å². The van der Waals surface area contributed by atoms with Crippen LogP contribution >= 0.6 is 0 Å². The molecule has 0 aromatic heterocycles. The predicted octanol–water partition coefficient (Wildman–Crippen LogP) is 2.18. The van der Waals surface area contributed by atoms with Crippen molar-refractivity contribution >= 4 is 5.91 Å². The molecule has 1 aromatic carbocycles. The summed E-state index contributed by atoms with van der Waals surface area (Å²) in [4.78, 5) is 16.5. The van der Waals surface area contributed by atoms with Crippen LogP contribution in [0.4, 0.5) is 8.78 Å². The normalized spacial score (nSPS) is 25.2. The van der Waals surface area contributed by atoms with Crippen molar-refractivity contribution in [2.24, 2.45) is 5.92 Å². The highest BCUT2D eigenvalue weighted by Gasteiger charge is 2.43. The van der Waals surface area contributed by atoms with Crippen molar-refractivity contribution in [2.75, 3.05) is 39.9 Å². The Labute approximate surface area is 158 Å². The Kier molecular flexibility index (Phi) is 6.44. The molecule has 1 atom stereocenters. The van der Waals surface area contributed by atoms with E-state index in [-0.39, 0.29) is 18.7 Å². The third-order valence-corrected chi connectivity index (χ3v) is 5.69. The van der Waals surface area contributed by atoms with Gasteiger partial charge >= 0.3 is 0 Å². The quantitative estimate of drug-likeness (QED) is 0.819. The van der Waals surface area contributed by atoms with Crippen molar-refractivity contribution in [1.82, 2.24) is 9.80 Å². The molecule has 0 aliphatic carbocycles. The second kappa shape index (κ2) is 8.63. The number of piperidine rings is 2. The van der Waals surface area contributed by atoms with Gasteiger partial charge in [-0.2, -0.15) is 0 Å². The van der Waals surface area contributed by atoms with E-state index in [2.05, 4.69) is 4.90 Å². The monoisotopic (exact) mass is 382 g/mol. The van der Waals surface area contributed by atoms with Gasteiger partial charge in [-0.05, 0) is 50.8 Å². The summed E-state index contributed by atoms with van der Waals surface area (Å²) in [5.41, 5.74) is -1.33. The first-order valence-corrected chi connectivity index (χ1v) is 9.59. The van der Waals surface area contributed by atoms with Crippen LogP contribution in [0.25, 0.3) is 0 Å². The fraction of sp³-hybridized carbons (Fsp3) is 0.650. The Balaban J connectivity index is 1.62. The summed E-state index contributed by atoms with van der Waals surface area (Å²) >= 11 is 0. The maximum absolute atomic E-state index is 14.0. The Morgan fingerprint density at radius 3 is 2.70 bits per heavy atom. The van der Waals surface area contributed by atoms with Crippen molar-refractivity contribution in [1.29, 1.82) is 0 Å². The first kappa shape index (κ1) is 20.2. The lowest BCUT2D eigenvalue weighted by Gasteiger charge is -2.42. The maximum atomic E-state index is 14.0. The average molecular weight is 382 g/mol. The SMILES string of the molecule is COCC1CCN(C[C@@]2(O)CCCN(Cc3cccc(F)c3F)C2=O)CC1. The van der Waals surface area contributed by atoms with Gasteiger partial charge in [0.05, 0.1) is 0 Å². The lowest BCUT2D eigenvalue weighted by atomic mass is 9.89. The van der Waals surface area contributed by atoms with E-state index >= 15 is 0 Å². The van der Waals surface area contributed by atoms with Crippen LogP contribution in [-0.4, -0.2) is 66.3 Å². The van der Waals surface area contributed by atoms with Crippen molar-refractivity contribution < 1.29 is 23.4 Å². The van der Waals surface area contributed by atoms with Crippen LogP contribution in [0.2, 0.25) is 0 Å². The highest BCUT2D eigenvalue weighted by molar-refractivity contribution is 5.86. The van der Waals surface area contributed by atoms with Gasteiger partial charge in [0.15, 0.2) is 17.2 Å². The predicted molar refractivity (Wildman–Crippen MR) is 97.0 cm³/mol. The molecular weight excluding hydrogens is 354 g/mol. The zero-order valence-corrected chi connectivity index (χ0v) is 15.8. The number of likely N-dealkylation sites (tertiary alicyclic amines) is 2. The summed E-state index contributed by atoms with van der Waals surface area (Å²) < 4.78 is 32.6. The minimum atomic E-state index is -1.46. The van der Waals surface area contributed by atoms with Crippen molar-refractivity contribution in [3.63, 3.8) is 0 Å². The van der Waals surface area contributed by atoms with E-state index in [4.69, 9.17) is 4.74 Å². The molecule has 27 heavy (non-hydrogen) atoms. The molecule has 1 aromatic rings. The van der Waals surface area contributed by atoms with Gasteiger partial charge in [0.1, 0.15) is 0 Å². The third kappa shape index (κ3) is 4.65. The highest BCUT2D eigenvalue weighted by atomic mass is 19.2. The van der Waals surface area contributed by atoms with E-state index in [9.17, 15) is 18.7 Å². The molecule has 0 spiro atoms. The largest absolute Gasteiger partial charge is 0.384 e.